The number of hydrogen-bond acceptors (Lipinski definition) is 2. The van der Waals surface area contributed by atoms with Gasteiger partial charge >= 0.3 is 0 Å². The zero-order valence-electron chi connectivity index (χ0n) is 12.4. The first-order valence-corrected chi connectivity index (χ1v) is 8.31. The Morgan fingerprint density at radius 3 is 2.42 bits per heavy atom. The van der Waals surface area contributed by atoms with Crippen LogP contribution in [0.5, 0.6) is 0 Å². The maximum Gasteiger partial charge on any atom is 0.233 e. The number of carbonyl (C=O) groups is 1. The molecule has 2 rings (SSSR count). The third-order valence-electron chi connectivity index (χ3n) is 4.97. The monoisotopic (exact) mass is 266 g/mol. The predicted molar refractivity (Wildman–Crippen MR) is 79.0 cm³/mol. The average Bonchev–Trinajstić information content (AvgIpc) is 2.47. The van der Waals surface area contributed by atoms with Gasteiger partial charge in [-0.2, -0.15) is 0 Å². The van der Waals surface area contributed by atoms with Crippen molar-refractivity contribution in [1.29, 1.82) is 0 Å². The fourth-order valence-corrected chi connectivity index (χ4v) is 4.02. The maximum absolute atomic E-state index is 11.6. The lowest BCUT2D eigenvalue weighted by molar-refractivity contribution is -0.120. The summed E-state index contributed by atoms with van der Waals surface area (Å²) in [5.74, 6) is 1.89. The van der Waals surface area contributed by atoms with E-state index in [1.807, 2.05) is 6.92 Å². The first-order valence-electron chi connectivity index (χ1n) is 8.31. The van der Waals surface area contributed by atoms with Crippen molar-refractivity contribution in [2.75, 3.05) is 13.1 Å². The normalized spacial score (nSPS) is 29.1. The SMILES string of the molecule is CCNC(=O)CNC1CCCCC1C1CCCCC1. The van der Waals surface area contributed by atoms with Crippen molar-refractivity contribution in [3.63, 3.8) is 0 Å². The third kappa shape index (κ3) is 4.48. The summed E-state index contributed by atoms with van der Waals surface area (Å²) in [6.07, 6.45) is 12.5. The average molecular weight is 266 g/mol. The zero-order chi connectivity index (χ0) is 13.5. The van der Waals surface area contributed by atoms with E-state index in [-0.39, 0.29) is 5.91 Å². The Balaban J connectivity index is 1.82. The Morgan fingerprint density at radius 1 is 1.00 bits per heavy atom. The molecule has 19 heavy (non-hydrogen) atoms. The van der Waals surface area contributed by atoms with Gasteiger partial charge in [0.15, 0.2) is 0 Å². The topological polar surface area (TPSA) is 41.1 Å². The van der Waals surface area contributed by atoms with E-state index >= 15 is 0 Å². The minimum Gasteiger partial charge on any atom is -0.355 e. The van der Waals surface area contributed by atoms with E-state index in [9.17, 15) is 4.79 Å². The molecule has 0 aromatic carbocycles. The molecule has 1 amide bonds. The van der Waals surface area contributed by atoms with Gasteiger partial charge in [-0.1, -0.05) is 44.9 Å². The lowest BCUT2D eigenvalue weighted by Gasteiger charge is -2.39. The van der Waals surface area contributed by atoms with Crippen molar-refractivity contribution in [2.24, 2.45) is 11.8 Å². The van der Waals surface area contributed by atoms with Crippen LogP contribution in [0, 0.1) is 11.8 Å². The standard InChI is InChI=1S/C16H30N2O/c1-2-17-16(19)12-18-15-11-7-6-10-14(15)13-8-4-3-5-9-13/h13-15,18H,2-12H2,1H3,(H,17,19). The van der Waals surface area contributed by atoms with Gasteiger partial charge in [0.25, 0.3) is 0 Å². The van der Waals surface area contributed by atoms with Crippen molar-refractivity contribution in [3.05, 3.63) is 0 Å². The number of nitrogens with one attached hydrogen (secondary N) is 2. The quantitative estimate of drug-likeness (QED) is 0.803. The van der Waals surface area contributed by atoms with E-state index in [1.165, 1.54) is 57.8 Å². The van der Waals surface area contributed by atoms with Crippen molar-refractivity contribution < 1.29 is 4.79 Å². The molecular weight excluding hydrogens is 236 g/mol. The fourth-order valence-electron chi connectivity index (χ4n) is 4.02. The van der Waals surface area contributed by atoms with Crippen molar-refractivity contribution in [3.8, 4) is 0 Å². The van der Waals surface area contributed by atoms with Gasteiger partial charge in [0.05, 0.1) is 6.54 Å². The molecule has 2 aliphatic rings. The first-order chi connectivity index (χ1) is 9.31. The van der Waals surface area contributed by atoms with E-state index in [0.717, 1.165) is 18.4 Å². The molecule has 0 aromatic heterocycles. The summed E-state index contributed by atoms with van der Waals surface area (Å²) in [6.45, 7) is 3.21. The first kappa shape index (κ1) is 14.8. The minimum absolute atomic E-state index is 0.149. The molecule has 0 bridgehead atoms. The van der Waals surface area contributed by atoms with Gasteiger partial charge < -0.3 is 10.6 Å². The fraction of sp³-hybridized carbons (Fsp3) is 0.938. The van der Waals surface area contributed by atoms with E-state index in [4.69, 9.17) is 0 Å². The van der Waals surface area contributed by atoms with Gasteiger partial charge in [0.2, 0.25) is 5.91 Å². The summed E-state index contributed by atoms with van der Waals surface area (Å²) < 4.78 is 0. The summed E-state index contributed by atoms with van der Waals surface area (Å²) in [6, 6.07) is 0.583. The summed E-state index contributed by atoms with van der Waals surface area (Å²) in [5.41, 5.74) is 0. The molecule has 110 valence electrons. The molecule has 2 fully saturated rings. The number of likely N-dealkylation sites (N-methyl/N-ethyl adjacent to an activating group) is 1. The number of amides is 1. The van der Waals surface area contributed by atoms with E-state index in [1.54, 1.807) is 0 Å². The molecule has 0 radical (unpaired) electrons. The second-order valence-electron chi connectivity index (χ2n) is 6.29. The van der Waals surface area contributed by atoms with Gasteiger partial charge in [0.1, 0.15) is 0 Å². The summed E-state index contributed by atoms with van der Waals surface area (Å²) in [4.78, 5) is 11.6. The van der Waals surface area contributed by atoms with Gasteiger partial charge in [-0.15, -0.1) is 0 Å². The van der Waals surface area contributed by atoms with Crippen LogP contribution in [0.2, 0.25) is 0 Å². The highest BCUT2D eigenvalue weighted by Gasteiger charge is 2.32. The Hall–Kier alpha value is -0.570. The highest BCUT2D eigenvalue weighted by atomic mass is 16.1. The summed E-state index contributed by atoms with van der Waals surface area (Å²) >= 11 is 0. The van der Waals surface area contributed by atoms with Crippen LogP contribution in [0.15, 0.2) is 0 Å². The Bertz CT molecular complexity index is 274. The molecule has 2 N–H and O–H groups in total. The molecule has 0 saturated heterocycles. The third-order valence-corrected chi connectivity index (χ3v) is 4.97. The van der Waals surface area contributed by atoms with Gasteiger partial charge in [-0.05, 0) is 31.6 Å². The number of carbonyl (C=O) groups excluding carboxylic acids is 1. The Kier molecular flexibility index (Phi) is 6.15. The molecule has 3 heteroatoms. The van der Waals surface area contributed by atoms with Gasteiger partial charge in [0, 0.05) is 12.6 Å². The van der Waals surface area contributed by atoms with Crippen molar-refractivity contribution in [1.82, 2.24) is 10.6 Å². The Morgan fingerprint density at radius 2 is 1.68 bits per heavy atom. The molecule has 0 spiro atoms. The smallest absolute Gasteiger partial charge is 0.233 e. The predicted octanol–water partition coefficient (Wildman–Crippen LogP) is 2.85. The second kappa shape index (κ2) is 7.88. The highest BCUT2D eigenvalue weighted by Crippen LogP contribution is 2.38. The molecule has 0 aliphatic heterocycles. The van der Waals surface area contributed by atoms with Crippen LogP contribution >= 0.6 is 0 Å². The van der Waals surface area contributed by atoms with Crippen LogP contribution in [0.4, 0.5) is 0 Å². The molecule has 2 saturated carbocycles. The molecule has 0 heterocycles. The lowest BCUT2D eigenvalue weighted by atomic mass is 9.71. The molecule has 3 nitrogen and oxygen atoms in total. The van der Waals surface area contributed by atoms with E-state index in [2.05, 4.69) is 10.6 Å². The number of hydrogen-bond donors (Lipinski definition) is 2. The highest BCUT2D eigenvalue weighted by molar-refractivity contribution is 5.77. The zero-order valence-corrected chi connectivity index (χ0v) is 12.4. The molecule has 0 aromatic rings. The van der Waals surface area contributed by atoms with Crippen molar-refractivity contribution >= 4 is 5.91 Å². The summed E-state index contributed by atoms with van der Waals surface area (Å²) in [5, 5.41) is 6.42. The van der Waals surface area contributed by atoms with Crippen molar-refractivity contribution in [2.45, 2.75) is 70.8 Å². The van der Waals surface area contributed by atoms with E-state index in [0.29, 0.717) is 12.6 Å². The second-order valence-corrected chi connectivity index (χ2v) is 6.29. The van der Waals surface area contributed by atoms with Gasteiger partial charge in [-0.3, -0.25) is 4.79 Å². The van der Waals surface area contributed by atoms with Crippen LogP contribution in [-0.2, 0) is 4.79 Å². The van der Waals surface area contributed by atoms with Gasteiger partial charge in [-0.25, -0.2) is 0 Å². The van der Waals surface area contributed by atoms with Crippen LogP contribution in [0.25, 0.3) is 0 Å². The van der Waals surface area contributed by atoms with Crippen LogP contribution in [0.3, 0.4) is 0 Å². The number of rotatable bonds is 5. The molecule has 2 unspecified atom stereocenters. The van der Waals surface area contributed by atoms with Crippen LogP contribution in [0.1, 0.15) is 64.7 Å². The Labute approximate surface area is 117 Å². The molecular formula is C16H30N2O. The van der Waals surface area contributed by atoms with Crippen LogP contribution in [-0.4, -0.2) is 25.0 Å². The lowest BCUT2D eigenvalue weighted by Crippen LogP contribution is -2.46. The largest absolute Gasteiger partial charge is 0.355 e. The van der Waals surface area contributed by atoms with E-state index < -0.39 is 0 Å². The van der Waals surface area contributed by atoms with Crippen LogP contribution < -0.4 is 10.6 Å². The maximum atomic E-state index is 11.6. The molecule has 2 atom stereocenters. The minimum atomic E-state index is 0.149. The summed E-state index contributed by atoms with van der Waals surface area (Å²) in [7, 11) is 0. The molecule has 2 aliphatic carbocycles.